The normalized spacial score (nSPS) is 10.9. The number of benzene rings is 2. The Kier molecular flexibility index (Phi) is 5.87. The minimum atomic E-state index is -0.490. The number of amides is 1. The Morgan fingerprint density at radius 3 is 2.45 bits per heavy atom. The first-order valence-corrected chi connectivity index (χ1v) is 10.1. The molecule has 0 saturated carbocycles. The van der Waals surface area contributed by atoms with Crippen LogP contribution in [-0.4, -0.2) is 20.6 Å². The highest BCUT2D eigenvalue weighted by Crippen LogP contribution is 2.23. The molecule has 0 aliphatic rings. The Bertz CT molecular complexity index is 1410. The minimum Gasteiger partial charge on any atom is -0.333 e. The summed E-state index contributed by atoms with van der Waals surface area (Å²) in [4.78, 5) is 30.1. The van der Waals surface area contributed by atoms with E-state index in [9.17, 15) is 18.4 Å². The zero-order valence-corrected chi connectivity index (χ0v) is 18.1. The van der Waals surface area contributed by atoms with Crippen molar-refractivity contribution in [2.24, 2.45) is 0 Å². The molecule has 168 valence electrons. The Balaban J connectivity index is 1.64. The van der Waals surface area contributed by atoms with Gasteiger partial charge in [-0.15, -0.1) is 0 Å². The van der Waals surface area contributed by atoms with Crippen LogP contribution < -0.4 is 10.9 Å². The van der Waals surface area contributed by atoms with Crippen LogP contribution in [0.5, 0.6) is 0 Å². The first kappa shape index (κ1) is 22.1. The molecule has 1 amide bonds. The molecule has 2 aromatic heterocycles. The van der Waals surface area contributed by atoms with Crippen molar-refractivity contribution in [2.45, 2.75) is 27.3 Å². The van der Waals surface area contributed by atoms with Crippen molar-refractivity contribution in [2.75, 3.05) is 5.32 Å². The van der Waals surface area contributed by atoms with Crippen LogP contribution in [0.4, 0.5) is 14.5 Å². The van der Waals surface area contributed by atoms with Crippen LogP contribution in [-0.2, 0) is 11.3 Å². The van der Waals surface area contributed by atoms with Gasteiger partial charge in [0.25, 0.3) is 11.4 Å². The lowest BCUT2D eigenvalue weighted by Crippen LogP contribution is -2.30. The predicted molar refractivity (Wildman–Crippen MR) is 119 cm³/mol. The van der Waals surface area contributed by atoms with Gasteiger partial charge in [0.15, 0.2) is 0 Å². The lowest BCUT2D eigenvalue weighted by molar-refractivity contribution is -0.116. The number of anilines is 1. The topological polar surface area (TPSA) is 90.0 Å². The van der Waals surface area contributed by atoms with Gasteiger partial charge in [-0.3, -0.25) is 9.59 Å². The van der Waals surface area contributed by atoms with E-state index in [1.807, 2.05) is 0 Å². The van der Waals surface area contributed by atoms with Gasteiger partial charge in [0, 0.05) is 16.9 Å². The molecule has 0 spiro atoms. The summed E-state index contributed by atoms with van der Waals surface area (Å²) < 4.78 is 33.5. The van der Waals surface area contributed by atoms with E-state index in [2.05, 4.69) is 15.5 Å². The van der Waals surface area contributed by atoms with Crippen LogP contribution in [0.1, 0.15) is 16.8 Å². The van der Waals surface area contributed by atoms with E-state index >= 15 is 0 Å². The van der Waals surface area contributed by atoms with Crippen molar-refractivity contribution < 1.29 is 18.1 Å². The number of aromatic nitrogens is 3. The van der Waals surface area contributed by atoms with Crippen molar-refractivity contribution in [1.82, 2.24) is 14.7 Å². The number of rotatable bonds is 5. The van der Waals surface area contributed by atoms with Crippen molar-refractivity contribution in [1.29, 1.82) is 0 Å². The molecule has 0 fully saturated rings. The molecule has 4 rings (SSSR count). The van der Waals surface area contributed by atoms with Gasteiger partial charge in [-0.2, -0.15) is 4.98 Å². The van der Waals surface area contributed by atoms with Gasteiger partial charge in [-0.1, -0.05) is 11.2 Å². The van der Waals surface area contributed by atoms with Crippen LogP contribution in [0.25, 0.3) is 22.8 Å². The molecular weight excluding hydrogens is 430 g/mol. The Labute approximate surface area is 187 Å². The molecule has 0 unspecified atom stereocenters. The van der Waals surface area contributed by atoms with E-state index in [0.717, 1.165) is 0 Å². The first-order chi connectivity index (χ1) is 15.7. The third kappa shape index (κ3) is 4.57. The molecule has 0 atom stereocenters. The number of nitrogens with one attached hydrogen (secondary N) is 1. The van der Waals surface area contributed by atoms with Crippen molar-refractivity contribution >= 4 is 11.6 Å². The maximum Gasteiger partial charge on any atom is 0.264 e. The van der Waals surface area contributed by atoms with E-state index in [4.69, 9.17) is 4.52 Å². The van der Waals surface area contributed by atoms with Gasteiger partial charge in [0.1, 0.15) is 23.7 Å². The van der Waals surface area contributed by atoms with Gasteiger partial charge in [-0.05, 0) is 74.4 Å². The molecule has 0 bridgehead atoms. The molecular formula is C24H20F2N4O3. The van der Waals surface area contributed by atoms with Gasteiger partial charge >= 0.3 is 0 Å². The van der Waals surface area contributed by atoms with E-state index in [1.54, 1.807) is 39.0 Å². The SMILES string of the molecule is Cc1ccc(NC(=O)Cn2c(C)cc(C)c(-c3nc(-c4ccc(F)cc4)no3)c2=O)cc1F. The zero-order chi connectivity index (χ0) is 23.7. The first-order valence-electron chi connectivity index (χ1n) is 10.1. The van der Waals surface area contributed by atoms with Crippen LogP contribution in [0.2, 0.25) is 0 Å². The van der Waals surface area contributed by atoms with Gasteiger partial charge < -0.3 is 14.4 Å². The Morgan fingerprint density at radius 2 is 1.76 bits per heavy atom. The average molecular weight is 450 g/mol. The lowest BCUT2D eigenvalue weighted by atomic mass is 10.1. The molecule has 0 aliphatic carbocycles. The average Bonchev–Trinajstić information content (AvgIpc) is 3.24. The molecule has 1 N–H and O–H groups in total. The summed E-state index contributed by atoms with van der Waals surface area (Å²) in [5.74, 6) is -1.13. The molecule has 2 aromatic carbocycles. The fourth-order valence-corrected chi connectivity index (χ4v) is 3.44. The quantitative estimate of drug-likeness (QED) is 0.487. The molecule has 0 aliphatic heterocycles. The smallest absolute Gasteiger partial charge is 0.264 e. The van der Waals surface area contributed by atoms with Crippen molar-refractivity contribution in [3.05, 3.63) is 87.3 Å². The highest BCUT2D eigenvalue weighted by molar-refractivity contribution is 5.90. The van der Waals surface area contributed by atoms with E-state index in [-0.39, 0.29) is 23.8 Å². The number of halogens is 2. The fourth-order valence-electron chi connectivity index (χ4n) is 3.44. The summed E-state index contributed by atoms with van der Waals surface area (Å²) in [5, 5.41) is 6.48. The van der Waals surface area contributed by atoms with E-state index in [0.29, 0.717) is 28.1 Å². The minimum absolute atomic E-state index is 0.00779. The molecule has 33 heavy (non-hydrogen) atoms. The van der Waals surface area contributed by atoms with E-state index in [1.165, 1.54) is 34.9 Å². The predicted octanol–water partition coefficient (Wildman–Crippen LogP) is 4.41. The van der Waals surface area contributed by atoms with Crippen LogP contribution in [0.15, 0.2) is 57.8 Å². The number of pyridine rings is 1. The monoisotopic (exact) mass is 450 g/mol. The van der Waals surface area contributed by atoms with Gasteiger partial charge in [0.05, 0.1) is 0 Å². The Hall–Kier alpha value is -4.14. The summed E-state index contributed by atoms with van der Waals surface area (Å²) in [7, 11) is 0. The Morgan fingerprint density at radius 1 is 1.03 bits per heavy atom. The second kappa shape index (κ2) is 8.78. The molecule has 2 heterocycles. The summed E-state index contributed by atoms with van der Waals surface area (Å²) in [6.07, 6.45) is 0. The number of hydrogen-bond acceptors (Lipinski definition) is 5. The highest BCUT2D eigenvalue weighted by atomic mass is 19.1. The van der Waals surface area contributed by atoms with Gasteiger partial charge in [-0.25, -0.2) is 8.78 Å². The summed E-state index contributed by atoms with van der Waals surface area (Å²) >= 11 is 0. The zero-order valence-electron chi connectivity index (χ0n) is 18.1. The summed E-state index contributed by atoms with van der Waals surface area (Å²) in [6, 6.07) is 11.6. The molecule has 4 aromatic rings. The number of aryl methyl sites for hydroxylation is 3. The maximum absolute atomic E-state index is 13.8. The number of carbonyl (C=O) groups excluding carboxylic acids is 1. The number of nitrogens with zero attached hydrogens (tertiary/aromatic N) is 3. The van der Waals surface area contributed by atoms with Crippen molar-refractivity contribution in [3.8, 4) is 22.8 Å². The maximum atomic E-state index is 13.8. The third-order valence-corrected chi connectivity index (χ3v) is 5.20. The molecule has 7 nitrogen and oxygen atoms in total. The second-order valence-electron chi connectivity index (χ2n) is 7.68. The third-order valence-electron chi connectivity index (χ3n) is 5.20. The van der Waals surface area contributed by atoms with Crippen molar-refractivity contribution in [3.63, 3.8) is 0 Å². The summed E-state index contributed by atoms with van der Waals surface area (Å²) in [5.41, 5.74) is 2.13. The fraction of sp³-hybridized carbons (Fsp3) is 0.167. The number of carbonyl (C=O) groups is 1. The van der Waals surface area contributed by atoms with Crippen LogP contribution in [0.3, 0.4) is 0 Å². The molecule has 0 radical (unpaired) electrons. The summed E-state index contributed by atoms with van der Waals surface area (Å²) in [6.45, 7) is 4.77. The standard InChI is InChI=1S/C24H20F2N4O3/c1-13-4-9-18(11-19(13)26)27-20(31)12-30-15(3)10-14(2)21(24(30)32)23-28-22(29-33-23)16-5-7-17(25)8-6-16/h4-11H,12H2,1-3H3,(H,27,31). The van der Waals surface area contributed by atoms with E-state index < -0.39 is 23.1 Å². The molecule has 9 heteroatoms. The second-order valence-corrected chi connectivity index (χ2v) is 7.68. The number of hydrogen-bond donors (Lipinski definition) is 1. The largest absolute Gasteiger partial charge is 0.333 e. The highest BCUT2D eigenvalue weighted by Gasteiger charge is 2.20. The molecule has 0 saturated heterocycles. The van der Waals surface area contributed by atoms with Crippen LogP contribution >= 0.6 is 0 Å². The van der Waals surface area contributed by atoms with Gasteiger partial charge in [0.2, 0.25) is 11.7 Å². The lowest BCUT2D eigenvalue weighted by Gasteiger charge is -2.13. The van der Waals surface area contributed by atoms with Crippen LogP contribution in [0, 0.1) is 32.4 Å².